The van der Waals surface area contributed by atoms with Gasteiger partial charge in [-0.25, -0.2) is 8.78 Å². The zero-order chi connectivity index (χ0) is 21.3. The molecular formula is C24H19F2NO3. The van der Waals surface area contributed by atoms with Crippen molar-refractivity contribution in [2.45, 2.75) is 6.04 Å². The Morgan fingerprint density at radius 3 is 2.03 bits per heavy atom. The smallest absolute Gasteiger partial charge is 0.237 e. The highest BCUT2D eigenvalue weighted by Crippen LogP contribution is 2.45. The van der Waals surface area contributed by atoms with Crippen LogP contribution in [0.1, 0.15) is 17.2 Å². The van der Waals surface area contributed by atoms with E-state index in [1.807, 2.05) is 0 Å². The quantitative estimate of drug-likeness (QED) is 0.615. The van der Waals surface area contributed by atoms with Crippen LogP contribution in [0.4, 0.5) is 14.5 Å². The lowest BCUT2D eigenvalue weighted by atomic mass is 9.80. The number of rotatable bonds is 5. The number of hydrogen-bond donors (Lipinski definition) is 2. The molecule has 3 aromatic rings. The number of phenolic OH excluding ortho intramolecular Hbond substituents is 1. The number of benzene rings is 3. The van der Waals surface area contributed by atoms with E-state index < -0.39 is 17.8 Å². The summed E-state index contributed by atoms with van der Waals surface area (Å²) in [6.07, 6.45) is 1.69. The molecule has 6 heteroatoms. The molecule has 0 spiro atoms. The van der Waals surface area contributed by atoms with Gasteiger partial charge >= 0.3 is 0 Å². The number of aliphatic hydroxyl groups excluding tert-OH is 1. The van der Waals surface area contributed by atoms with Crippen LogP contribution in [0.5, 0.6) is 5.75 Å². The number of hydrogen-bond acceptors (Lipinski definition) is 3. The first-order valence-electron chi connectivity index (χ1n) is 9.43. The molecule has 1 aliphatic heterocycles. The predicted molar refractivity (Wildman–Crippen MR) is 110 cm³/mol. The number of β-lactam (4-membered cyclic amide) rings is 1. The number of halogens is 2. The van der Waals surface area contributed by atoms with Crippen molar-refractivity contribution in [1.29, 1.82) is 0 Å². The average Bonchev–Trinajstić information content (AvgIpc) is 2.75. The van der Waals surface area contributed by atoms with E-state index in [1.165, 1.54) is 48.5 Å². The molecule has 30 heavy (non-hydrogen) atoms. The number of aromatic hydroxyl groups is 1. The number of carbonyl (C=O) groups is 1. The summed E-state index contributed by atoms with van der Waals surface area (Å²) < 4.78 is 26.6. The first kappa shape index (κ1) is 19.8. The molecule has 3 aromatic carbocycles. The summed E-state index contributed by atoms with van der Waals surface area (Å²) >= 11 is 0. The molecule has 2 atom stereocenters. The number of aliphatic hydroxyl groups is 1. The Morgan fingerprint density at radius 1 is 0.900 bits per heavy atom. The predicted octanol–water partition coefficient (Wildman–Crippen LogP) is 4.45. The molecule has 1 fully saturated rings. The number of nitrogens with zero attached hydrogens (tertiary/aromatic N) is 1. The summed E-state index contributed by atoms with van der Waals surface area (Å²) in [6.45, 7) is -0.311. The van der Waals surface area contributed by atoms with Gasteiger partial charge in [0.15, 0.2) is 0 Å². The first-order valence-corrected chi connectivity index (χ1v) is 9.43. The maximum absolute atomic E-state index is 13.3. The molecule has 0 aromatic heterocycles. The lowest BCUT2D eigenvalue weighted by Gasteiger charge is -2.46. The molecule has 0 bridgehead atoms. The van der Waals surface area contributed by atoms with Crippen molar-refractivity contribution in [3.05, 3.63) is 102 Å². The highest BCUT2D eigenvalue weighted by molar-refractivity contribution is 6.05. The Hall–Kier alpha value is -3.51. The van der Waals surface area contributed by atoms with Gasteiger partial charge in [0, 0.05) is 5.69 Å². The number of carbonyl (C=O) groups excluding carboxylic acids is 1. The van der Waals surface area contributed by atoms with Crippen LogP contribution < -0.4 is 4.90 Å². The van der Waals surface area contributed by atoms with E-state index >= 15 is 0 Å². The van der Waals surface area contributed by atoms with Crippen LogP contribution in [-0.4, -0.2) is 22.7 Å². The molecule has 0 aliphatic carbocycles. The molecule has 1 saturated heterocycles. The Bertz CT molecular complexity index is 1080. The van der Waals surface area contributed by atoms with Gasteiger partial charge in [-0.05, 0) is 65.2 Å². The van der Waals surface area contributed by atoms with Crippen molar-refractivity contribution in [3.63, 3.8) is 0 Å². The summed E-state index contributed by atoms with van der Waals surface area (Å²) in [4.78, 5) is 14.6. The van der Waals surface area contributed by atoms with Crippen molar-refractivity contribution < 1.29 is 23.8 Å². The topological polar surface area (TPSA) is 60.8 Å². The molecule has 152 valence electrons. The number of anilines is 1. The lowest BCUT2D eigenvalue weighted by molar-refractivity contribution is -0.128. The van der Waals surface area contributed by atoms with Crippen LogP contribution in [0.2, 0.25) is 0 Å². The number of amides is 1. The average molecular weight is 407 g/mol. The van der Waals surface area contributed by atoms with Gasteiger partial charge in [-0.2, -0.15) is 0 Å². The van der Waals surface area contributed by atoms with Gasteiger partial charge in [-0.15, -0.1) is 0 Å². The fourth-order valence-electron chi connectivity index (χ4n) is 3.71. The van der Waals surface area contributed by atoms with Gasteiger partial charge in [-0.3, -0.25) is 4.79 Å². The van der Waals surface area contributed by atoms with E-state index in [0.717, 1.165) is 5.56 Å². The third-order valence-electron chi connectivity index (χ3n) is 5.25. The molecule has 1 unspecified atom stereocenters. The van der Waals surface area contributed by atoms with E-state index in [0.29, 0.717) is 16.8 Å². The minimum Gasteiger partial charge on any atom is -0.508 e. The zero-order valence-corrected chi connectivity index (χ0v) is 15.9. The van der Waals surface area contributed by atoms with Gasteiger partial charge in [0.2, 0.25) is 5.91 Å². The van der Waals surface area contributed by atoms with Crippen LogP contribution in [-0.2, 0) is 4.79 Å². The summed E-state index contributed by atoms with van der Waals surface area (Å²) in [7, 11) is 0. The molecule has 0 radical (unpaired) electrons. The largest absolute Gasteiger partial charge is 0.508 e. The lowest BCUT2D eigenvalue weighted by Crippen LogP contribution is -2.54. The van der Waals surface area contributed by atoms with Crippen molar-refractivity contribution in [2.24, 2.45) is 5.92 Å². The van der Waals surface area contributed by atoms with Crippen molar-refractivity contribution >= 4 is 17.2 Å². The summed E-state index contributed by atoms with van der Waals surface area (Å²) in [5, 5.41) is 19.5. The van der Waals surface area contributed by atoms with Gasteiger partial charge in [0.1, 0.15) is 17.4 Å². The highest BCUT2D eigenvalue weighted by Gasteiger charge is 2.47. The molecular weight excluding hydrogens is 388 g/mol. The standard InChI is InChI=1S/C24H19F2NO3/c25-18-5-1-15(2-6-18)17(14-28)13-22-23(16-3-11-21(29)12-4-16)27(24(22)30)20-9-7-19(26)8-10-20/h1-13,22-23,28-29H,14H2/b17-13+/t22?,23-/m1/s1. The molecule has 2 N–H and O–H groups in total. The normalized spacial score (nSPS) is 19.0. The molecule has 0 saturated carbocycles. The first-order chi connectivity index (χ1) is 14.5. The van der Waals surface area contributed by atoms with Crippen molar-refractivity contribution in [1.82, 2.24) is 0 Å². The highest BCUT2D eigenvalue weighted by atomic mass is 19.1. The minimum atomic E-state index is -0.577. The third kappa shape index (κ3) is 3.69. The fourth-order valence-corrected chi connectivity index (χ4v) is 3.71. The van der Waals surface area contributed by atoms with E-state index in [9.17, 15) is 23.8 Å². The fraction of sp³-hybridized carbons (Fsp3) is 0.125. The van der Waals surface area contributed by atoms with Gasteiger partial charge in [-0.1, -0.05) is 30.3 Å². The van der Waals surface area contributed by atoms with Crippen LogP contribution in [0.3, 0.4) is 0 Å². The Balaban J connectivity index is 1.73. The second-order valence-corrected chi connectivity index (χ2v) is 7.10. The van der Waals surface area contributed by atoms with Crippen LogP contribution in [0.15, 0.2) is 78.9 Å². The second kappa shape index (κ2) is 8.08. The van der Waals surface area contributed by atoms with E-state index in [2.05, 4.69) is 0 Å². The zero-order valence-electron chi connectivity index (χ0n) is 15.9. The SMILES string of the molecule is O=C1C(/C=C(\CO)c2ccc(F)cc2)[C@@H](c2ccc(O)cc2)N1c1ccc(F)cc1. The Morgan fingerprint density at radius 2 is 1.47 bits per heavy atom. The number of phenols is 1. The Kier molecular flexibility index (Phi) is 5.33. The monoisotopic (exact) mass is 407 g/mol. The molecule has 4 nitrogen and oxygen atoms in total. The van der Waals surface area contributed by atoms with Crippen molar-refractivity contribution in [3.8, 4) is 5.75 Å². The van der Waals surface area contributed by atoms with Gasteiger partial charge in [0.05, 0.1) is 18.6 Å². The minimum absolute atomic E-state index is 0.104. The van der Waals surface area contributed by atoms with Crippen LogP contribution >= 0.6 is 0 Å². The maximum Gasteiger partial charge on any atom is 0.237 e. The summed E-state index contributed by atoms with van der Waals surface area (Å²) in [6, 6.07) is 17.5. The summed E-state index contributed by atoms with van der Waals surface area (Å²) in [5.41, 5.74) is 2.47. The van der Waals surface area contributed by atoms with Crippen molar-refractivity contribution in [2.75, 3.05) is 11.5 Å². The van der Waals surface area contributed by atoms with Crippen LogP contribution in [0.25, 0.3) is 5.57 Å². The molecule has 1 heterocycles. The molecule has 1 aliphatic rings. The molecule has 1 amide bonds. The molecule has 4 rings (SSSR count). The van der Waals surface area contributed by atoms with E-state index in [1.54, 1.807) is 35.2 Å². The van der Waals surface area contributed by atoms with Gasteiger partial charge < -0.3 is 15.1 Å². The maximum atomic E-state index is 13.3. The second-order valence-electron chi connectivity index (χ2n) is 7.10. The van der Waals surface area contributed by atoms with E-state index in [4.69, 9.17) is 0 Å². The van der Waals surface area contributed by atoms with Crippen LogP contribution in [0, 0.1) is 17.6 Å². The van der Waals surface area contributed by atoms with E-state index in [-0.39, 0.29) is 24.1 Å². The Labute approximate surface area is 172 Å². The van der Waals surface area contributed by atoms with Gasteiger partial charge in [0.25, 0.3) is 0 Å². The third-order valence-corrected chi connectivity index (χ3v) is 5.25. The summed E-state index contributed by atoms with van der Waals surface area (Å²) in [5.74, 6) is -1.46.